The molecule has 0 aliphatic heterocycles. The minimum absolute atomic E-state index is 0.0947. The van der Waals surface area contributed by atoms with E-state index in [2.05, 4.69) is 45.8 Å². The summed E-state index contributed by atoms with van der Waals surface area (Å²) in [7, 11) is 0.593. The third-order valence-corrected chi connectivity index (χ3v) is 11.9. The minimum atomic E-state index is -2.46. The highest BCUT2D eigenvalue weighted by Gasteiger charge is 2.55. The van der Waals surface area contributed by atoms with Gasteiger partial charge in [0.05, 0.1) is 22.5 Å². The lowest BCUT2D eigenvalue weighted by Gasteiger charge is -2.50. The van der Waals surface area contributed by atoms with Crippen LogP contribution in [0, 0.1) is 20.2 Å². The molecule has 2 aromatic carbocycles. The fraction of sp³-hybridized carbons (Fsp3) is 0.429. The van der Waals surface area contributed by atoms with Gasteiger partial charge < -0.3 is 24.0 Å². The number of nitrogens with zero attached hydrogens (tertiary/aromatic N) is 2. The van der Waals surface area contributed by atoms with Crippen LogP contribution in [0.4, 0.5) is 17.1 Å². The summed E-state index contributed by atoms with van der Waals surface area (Å²) in [5.41, 5.74) is -0.110. The maximum atomic E-state index is 11.9. The molecule has 1 aliphatic rings. The van der Waals surface area contributed by atoms with Crippen molar-refractivity contribution in [1.82, 2.24) is 0 Å². The van der Waals surface area contributed by atoms with Gasteiger partial charge in [0.15, 0.2) is 20.2 Å². The SMILES string of the molecule is C=CCO[C@@]1(C(OC)OC)c2ccccc2C(Nc2ccc([N+](=O)[O-])cc2[N+](=O)[O-])=C[C@H]1O[Si](C)(C)C(C)(C)C. The first-order chi connectivity index (χ1) is 18.7. The van der Waals surface area contributed by atoms with Crippen molar-refractivity contribution in [3.63, 3.8) is 0 Å². The van der Waals surface area contributed by atoms with E-state index in [1.54, 1.807) is 6.08 Å². The summed E-state index contributed by atoms with van der Waals surface area (Å²) in [6, 6.07) is 10.9. The van der Waals surface area contributed by atoms with Crippen LogP contribution in [0.2, 0.25) is 18.1 Å². The monoisotopic (exact) mass is 571 g/mol. The van der Waals surface area contributed by atoms with Crippen molar-refractivity contribution in [2.24, 2.45) is 0 Å². The Morgan fingerprint density at radius 1 is 1.10 bits per heavy atom. The van der Waals surface area contributed by atoms with Crippen molar-refractivity contribution in [3.05, 3.63) is 92.6 Å². The molecule has 1 N–H and O–H groups in total. The van der Waals surface area contributed by atoms with Crippen molar-refractivity contribution >= 4 is 31.1 Å². The molecule has 0 aromatic heterocycles. The van der Waals surface area contributed by atoms with Gasteiger partial charge in [-0.05, 0) is 30.3 Å². The van der Waals surface area contributed by atoms with E-state index >= 15 is 0 Å². The molecule has 216 valence electrons. The van der Waals surface area contributed by atoms with Gasteiger partial charge in [-0.3, -0.25) is 20.2 Å². The van der Waals surface area contributed by atoms with E-state index in [-0.39, 0.29) is 23.0 Å². The van der Waals surface area contributed by atoms with Crippen LogP contribution in [0.5, 0.6) is 0 Å². The van der Waals surface area contributed by atoms with Crippen molar-refractivity contribution < 1.29 is 28.5 Å². The summed E-state index contributed by atoms with van der Waals surface area (Å²) in [6.07, 6.45) is 1.80. The average molecular weight is 572 g/mol. The number of nitro groups is 2. The normalized spacial score (nSPS) is 19.1. The second-order valence-electron chi connectivity index (χ2n) is 11.0. The van der Waals surface area contributed by atoms with Crippen molar-refractivity contribution in [3.8, 4) is 0 Å². The van der Waals surface area contributed by atoms with Gasteiger partial charge in [0.25, 0.3) is 11.4 Å². The number of methoxy groups -OCH3 is 2. The van der Waals surface area contributed by atoms with Gasteiger partial charge in [0, 0.05) is 37.1 Å². The Bertz CT molecular complexity index is 1300. The van der Waals surface area contributed by atoms with E-state index in [0.717, 1.165) is 6.07 Å². The standard InChI is InChI=1S/C28H37N3O8Si/c1-9-16-38-28(26(36-5)37-6)21-13-11-10-12-20(21)23(18-25(28)39-40(7,8)27(2,3)4)29-22-15-14-19(30(32)33)17-24(22)31(34)35/h9-15,17-18,25-26,29H,1,16H2,2-8H3/t25-,28+/m1/s1. The minimum Gasteiger partial charge on any atom is -0.407 e. The molecule has 1 aliphatic carbocycles. The fourth-order valence-corrected chi connectivity index (χ4v) is 5.70. The van der Waals surface area contributed by atoms with Gasteiger partial charge >= 0.3 is 0 Å². The fourth-order valence-electron chi connectivity index (χ4n) is 4.47. The lowest BCUT2D eigenvalue weighted by Crippen LogP contribution is -2.59. The molecular formula is C28H37N3O8Si. The van der Waals surface area contributed by atoms with E-state index in [4.69, 9.17) is 18.6 Å². The van der Waals surface area contributed by atoms with Crippen LogP contribution in [-0.2, 0) is 24.2 Å². The molecule has 0 saturated carbocycles. The maximum Gasteiger partial charge on any atom is 0.299 e. The number of ether oxygens (including phenoxy) is 3. The van der Waals surface area contributed by atoms with Crippen LogP contribution >= 0.6 is 0 Å². The first-order valence-electron chi connectivity index (χ1n) is 12.7. The molecule has 0 amide bonds. The number of nitro benzene ring substituents is 2. The van der Waals surface area contributed by atoms with E-state index in [1.807, 2.05) is 30.3 Å². The Morgan fingerprint density at radius 2 is 1.75 bits per heavy atom. The molecule has 0 spiro atoms. The summed E-state index contributed by atoms with van der Waals surface area (Å²) < 4.78 is 25.1. The molecule has 2 atom stereocenters. The first kappa shape index (κ1) is 31.1. The molecule has 12 heteroatoms. The van der Waals surface area contributed by atoms with Crippen LogP contribution in [0.25, 0.3) is 5.70 Å². The van der Waals surface area contributed by atoms with Crippen molar-refractivity contribution in [2.75, 3.05) is 26.1 Å². The largest absolute Gasteiger partial charge is 0.407 e. The van der Waals surface area contributed by atoms with Crippen LogP contribution < -0.4 is 5.32 Å². The maximum absolute atomic E-state index is 11.9. The number of fused-ring (bicyclic) bond motifs is 1. The molecule has 2 aromatic rings. The first-order valence-corrected chi connectivity index (χ1v) is 15.6. The predicted octanol–water partition coefficient (Wildman–Crippen LogP) is 6.38. The van der Waals surface area contributed by atoms with E-state index < -0.39 is 41.8 Å². The molecule has 0 radical (unpaired) electrons. The number of hydrogen-bond acceptors (Lipinski definition) is 9. The zero-order valence-electron chi connectivity index (χ0n) is 23.9. The molecular weight excluding hydrogens is 534 g/mol. The van der Waals surface area contributed by atoms with Crippen molar-refractivity contribution in [1.29, 1.82) is 0 Å². The molecule has 0 unspecified atom stereocenters. The quantitative estimate of drug-likeness (QED) is 0.101. The number of rotatable bonds is 12. The smallest absolute Gasteiger partial charge is 0.299 e. The Balaban J connectivity index is 2.30. The number of nitrogens with one attached hydrogen (secondary N) is 1. The summed E-state index contributed by atoms with van der Waals surface area (Å²) in [5.74, 6) is 0. The second kappa shape index (κ2) is 12.0. The highest BCUT2D eigenvalue weighted by molar-refractivity contribution is 6.74. The average Bonchev–Trinajstić information content (AvgIpc) is 2.89. The molecule has 0 fully saturated rings. The van der Waals surface area contributed by atoms with E-state index in [1.165, 1.54) is 26.4 Å². The second-order valence-corrected chi connectivity index (χ2v) is 15.7. The highest BCUT2D eigenvalue weighted by Crippen LogP contribution is 2.49. The van der Waals surface area contributed by atoms with Gasteiger partial charge in [-0.25, -0.2) is 0 Å². The van der Waals surface area contributed by atoms with E-state index in [9.17, 15) is 20.2 Å². The molecule has 0 saturated heterocycles. The zero-order chi connectivity index (χ0) is 29.9. The molecule has 11 nitrogen and oxygen atoms in total. The predicted molar refractivity (Wildman–Crippen MR) is 155 cm³/mol. The Kier molecular flexibility index (Phi) is 9.32. The number of benzene rings is 2. The number of hydrogen-bond donors (Lipinski definition) is 1. The Hall–Kier alpha value is -3.42. The Labute approximate surface area is 235 Å². The van der Waals surface area contributed by atoms with Gasteiger partial charge in [-0.2, -0.15) is 0 Å². The topological polar surface area (TPSA) is 135 Å². The molecule has 40 heavy (non-hydrogen) atoms. The lowest BCUT2D eigenvalue weighted by molar-refractivity contribution is -0.393. The van der Waals surface area contributed by atoms with Crippen LogP contribution in [0.15, 0.2) is 61.2 Å². The van der Waals surface area contributed by atoms with Crippen LogP contribution in [0.1, 0.15) is 31.9 Å². The summed E-state index contributed by atoms with van der Waals surface area (Å²) in [5, 5.41) is 26.1. The molecule has 3 rings (SSSR count). The Morgan fingerprint density at radius 3 is 2.30 bits per heavy atom. The van der Waals surface area contributed by atoms with Crippen molar-refractivity contribution in [2.45, 2.75) is 56.9 Å². The summed E-state index contributed by atoms with van der Waals surface area (Å²) >= 11 is 0. The zero-order valence-corrected chi connectivity index (χ0v) is 24.9. The lowest BCUT2D eigenvalue weighted by atomic mass is 9.78. The third kappa shape index (κ3) is 5.86. The summed E-state index contributed by atoms with van der Waals surface area (Å²) in [6.45, 7) is 14.6. The van der Waals surface area contributed by atoms with Crippen LogP contribution in [0.3, 0.4) is 0 Å². The summed E-state index contributed by atoms with van der Waals surface area (Å²) in [4.78, 5) is 21.8. The number of anilines is 1. The van der Waals surface area contributed by atoms with Gasteiger partial charge in [0.1, 0.15) is 11.8 Å². The van der Waals surface area contributed by atoms with Gasteiger partial charge in [0.2, 0.25) is 0 Å². The number of non-ortho nitro benzene ring substituents is 1. The molecule has 0 bridgehead atoms. The van der Waals surface area contributed by atoms with Gasteiger partial charge in [-0.1, -0.05) is 51.1 Å². The molecule has 0 heterocycles. The van der Waals surface area contributed by atoms with Crippen LogP contribution in [-0.4, -0.2) is 51.4 Å². The highest BCUT2D eigenvalue weighted by atomic mass is 28.4. The van der Waals surface area contributed by atoms with Gasteiger partial charge in [-0.15, -0.1) is 6.58 Å². The van der Waals surface area contributed by atoms with E-state index in [0.29, 0.717) is 16.8 Å². The third-order valence-electron chi connectivity index (χ3n) is 7.48.